The summed E-state index contributed by atoms with van der Waals surface area (Å²) in [6, 6.07) is 0. The molecule has 3 aliphatic carbocycles. The Morgan fingerprint density at radius 3 is 3.07 bits per heavy atom. The second-order valence-electron chi connectivity index (χ2n) is 3.78. The van der Waals surface area contributed by atoms with E-state index in [1.165, 1.54) is 29.2 Å². The molecule has 70 valence electrons. The van der Waals surface area contributed by atoms with Crippen molar-refractivity contribution >= 4 is 5.97 Å². The third kappa shape index (κ3) is 0.882. The molecule has 0 aromatic carbocycles. The summed E-state index contributed by atoms with van der Waals surface area (Å²) < 4.78 is 5.15. The van der Waals surface area contributed by atoms with Gasteiger partial charge in [0.25, 0.3) is 0 Å². The standard InChI is InChI=1S/C12H10O2/c1-7(13)14-12-6-8-5-11(12)10-4-2-3-9(8)10/h2,4,6H,3,5H2,1H3. The Balaban J connectivity index is 2.04. The summed E-state index contributed by atoms with van der Waals surface area (Å²) in [5, 5.41) is 0. The largest absolute Gasteiger partial charge is 0.426 e. The van der Waals surface area contributed by atoms with Gasteiger partial charge in [0.15, 0.2) is 0 Å². The zero-order valence-electron chi connectivity index (χ0n) is 7.96. The van der Waals surface area contributed by atoms with E-state index in [0.717, 1.165) is 18.6 Å². The Hall–Kier alpha value is -1.57. The molecule has 0 unspecified atom stereocenters. The molecule has 2 nitrogen and oxygen atoms in total. The number of hydrogen-bond acceptors (Lipinski definition) is 2. The van der Waals surface area contributed by atoms with E-state index in [0.29, 0.717) is 0 Å². The first-order valence-electron chi connectivity index (χ1n) is 4.78. The number of carbonyl (C=O) groups is 1. The fourth-order valence-corrected chi connectivity index (χ4v) is 2.33. The van der Waals surface area contributed by atoms with Crippen LogP contribution in [0.2, 0.25) is 0 Å². The molecule has 3 aliphatic rings. The van der Waals surface area contributed by atoms with Gasteiger partial charge in [0, 0.05) is 18.9 Å². The number of hydrogen-bond donors (Lipinski definition) is 0. The molecule has 0 spiro atoms. The van der Waals surface area contributed by atoms with Crippen molar-refractivity contribution in [2.45, 2.75) is 19.8 Å². The minimum absolute atomic E-state index is 0.235. The Bertz CT molecular complexity index is 459. The van der Waals surface area contributed by atoms with Crippen LogP contribution in [0.4, 0.5) is 0 Å². The highest BCUT2D eigenvalue weighted by Gasteiger charge is 2.32. The lowest BCUT2D eigenvalue weighted by molar-refractivity contribution is -0.136. The SMILES string of the molecule is CC(=O)OC1=C2CC(=C1)C1=C2C=CC1. The Morgan fingerprint density at radius 2 is 2.29 bits per heavy atom. The molecule has 2 bridgehead atoms. The number of esters is 1. The highest BCUT2D eigenvalue weighted by atomic mass is 16.5. The first-order valence-corrected chi connectivity index (χ1v) is 4.78. The molecule has 0 aliphatic heterocycles. The number of allylic oxidation sites excluding steroid dienone is 7. The molecule has 0 aromatic heterocycles. The van der Waals surface area contributed by atoms with Gasteiger partial charge in [0.2, 0.25) is 0 Å². The van der Waals surface area contributed by atoms with Gasteiger partial charge in [-0.1, -0.05) is 12.2 Å². The summed E-state index contributed by atoms with van der Waals surface area (Å²) in [5.74, 6) is 0.527. The maximum Gasteiger partial charge on any atom is 0.308 e. The fourth-order valence-electron chi connectivity index (χ4n) is 2.33. The molecule has 3 rings (SSSR count). The number of rotatable bonds is 1. The average molecular weight is 186 g/mol. The van der Waals surface area contributed by atoms with E-state index in [1.807, 2.05) is 6.08 Å². The van der Waals surface area contributed by atoms with Crippen LogP contribution in [0.3, 0.4) is 0 Å². The van der Waals surface area contributed by atoms with Crippen LogP contribution in [0.15, 0.2) is 46.3 Å². The lowest BCUT2D eigenvalue weighted by atomic mass is 10.1. The summed E-state index contributed by atoms with van der Waals surface area (Å²) >= 11 is 0. The van der Waals surface area contributed by atoms with Crippen LogP contribution in [0.25, 0.3) is 0 Å². The first kappa shape index (κ1) is 7.80. The van der Waals surface area contributed by atoms with Crippen molar-refractivity contribution < 1.29 is 9.53 Å². The van der Waals surface area contributed by atoms with E-state index in [4.69, 9.17) is 4.74 Å². The predicted octanol–water partition coefficient (Wildman–Crippen LogP) is 2.40. The van der Waals surface area contributed by atoms with Crippen LogP contribution in [-0.4, -0.2) is 5.97 Å². The van der Waals surface area contributed by atoms with E-state index in [-0.39, 0.29) is 5.97 Å². The van der Waals surface area contributed by atoms with Crippen LogP contribution >= 0.6 is 0 Å². The zero-order chi connectivity index (χ0) is 9.71. The van der Waals surface area contributed by atoms with E-state index in [9.17, 15) is 4.79 Å². The maximum atomic E-state index is 10.8. The molecule has 14 heavy (non-hydrogen) atoms. The van der Waals surface area contributed by atoms with Crippen LogP contribution in [-0.2, 0) is 9.53 Å². The lowest BCUT2D eigenvalue weighted by Gasteiger charge is -2.07. The van der Waals surface area contributed by atoms with E-state index < -0.39 is 0 Å². The molecule has 0 atom stereocenters. The third-order valence-corrected chi connectivity index (χ3v) is 2.87. The molecular formula is C12H10O2. The highest BCUT2D eigenvalue weighted by molar-refractivity contribution is 5.73. The average Bonchev–Trinajstić information content (AvgIpc) is 2.68. The molecule has 0 amide bonds. The topological polar surface area (TPSA) is 26.3 Å². The van der Waals surface area contributed by atoms with E-state index in [1.54, 1.807) is 0 Å². The van der Waals surface area contributed by atoms with Crippen molar-refractivity contribution in [3.05, 3.63) is 46.3 Å². The van der Waals surface area contributed by atoms with Gasteiger partial charge in [0.1, 0.15) is 5.76 Å². The first-order chi connectivity index (χ1) is 6.75. The summed E-state index contributed by atoms with van der Waals surface area (Å²) in [5.41, 5.74) is 5.24. The van der Waals surface area contributed by atoms with Crippen LogP contribution in [0.1, 0.15) is 19.8 Å². The van der Waals surface area contributed by atoms with E-state index >= 15 is 0 Å². The monoisotopic (exact) mass is 186 g/mol. The molecule has 0 fully saturated rings. The van der Waals surface area contributed by atoms with Gasteiger partial charge in [0.05, 0.1) is 0 Å². The van der Waals surface area contributed by atoms with Gasteiger partial charge < -0.3 is 4.74 Å². The summed E-state index contributed by atoms with van der Waals surface area (Å²) in [7, 11) is 0. The second kappa shape index (κ2) is 2.47. The number of carbonyl (C=O) groups excluding carboxylic acids is 1. The van der Waals surface area contributed by atoms with Crippen molar-refractivity contribution in [2.24, 2.45) is 0 Å². The van der Waals surface area contributed by atoms with Crippen molar-refractivity contribution in [3.63, 3.8) is 0 Å². The summed E-state index contributed by atoms with van der Waals surface area (Å²) in [4.78, 5) is 10.8. The van der Waals surface area contributed by atoms with Gasteiger partial charge in [-0.2, -0.15) is 0 Å². The molecule has 0 N–H and O–H groups in total. The molecular weight excluding hydrogens is 176 g/mol. The van der Waals surface area contributed by atoms with E-state index in [2.05, 4.69) is 12.2 Å². The third-order valence-electron chi connectivity index (χ3n) is 2.87. The van der Waals surface area contributed by atoms with Crippen molar-refractivity contribution in [1.29, 1.82) is 0 Å². The molecule has 0 saturated carbocycles. The Morgan fingerprint density at radius 1 is 1.43 bits per heavy atom. The van der Waals surface area contributed by atoms with Gasteiger partial charge in [-0.05, 0) is 29.2 Å². The van der Waals surface area contributed by atoms with Gasteiger partial charge >= 0.3 is 5.97 Å². The highest BCUT2D eigenvalue weighted by Crippen LogP contribution is 2.48. The Kier molecular flexibility index (Phi) is 1.38. The zero-order valence-corrected chi connectivity index (χ0v) is 7.96. The van der Waals surface area contributed by atoms with Gasteiger partial charge in [-0.15, -0.1) is 0 Å². The normalized spacial score (nSPS) is 21.9. The minimum Gasteiger partial charge on any atom is -0.426 e. The minimum atomic E-state index is -0.235. The molecule has 0 aromatic rings. The maximum absolute atomic E-state index is 10.8. The molecule has 0 radical (unpaired) electrons. The van der Waals surface area contributed by atoms with Crippen molar-refractivity contribution in [2.75, 3.05) is 0 Å². The smallest absolute Gasteiger partial charge is 0.308 e. The quantitative estimate of drug-likeness (QED) is 0.588. The number of fused-ring (bicyclic) bond motifs is 4. The Labute approximate surface area is 82.3 Å². The fraction of sp³-hybridized carbons (Fsp3) is 0.250. The second-order valence-corrected chi connectivity index (χ2v) is 3.78. The van der Waals surface area contributed by atoms with Crippen LogP contribution in [0, 0.1) is 0 Å². The van der Waals surface area contributed by atoms with Crippen molar-refractivity contribution in [3.8, 4) is 0 Å². The van der Waals surface area contributed by atoms with Crippen LogP contribution in [0.5, 0.6) is 0 Å². The molecule has 0 heterocycles. The van der Waals surface area contributed by atoms with Gasteiger partial charge in [-0.3, -0.25) is 4.79 Å². The van der Waals surface area contributed by atoms with Gasteiger partial charge in [-0.25, -0.2) is 0 Å². The lowest BCUT2D eigenvalue weighted by Crippen LogP contribution is -1.99. The predicted molar refractivity (Wildman–Crippen MR) is 52.3 cm³/mol. The number of ether oxygens (including phenoxy) is 1. The summed E-state index contributed by atoms with van der Waals surface area (Å²) in [6.45, 7) is 1.44. The summed E-state index contributed by atoms with van der Waals surface area (Å²) in [6.07, 6.45) is 8.29. The molecule has 0 saturated heterocycles. The molecule has 2 heteroatoms. The van der Waals surface area contributed by atoms with Crippen LogP contribution < -0.4 is 0 Å². The van der Waals surface area contributed by atoms with Crippen molar-refractivity contribution in [1.82, 2.24) is 0 Å².